The molecule has 1 atom stereocenters. The lowest BCUT2D eigenvalue weighted by Crippen LogP contribution is -2.29. The molecule has 0 spiro atoms. The van der Waals surface area contributed by atoms with Gasteiger partial charge in [-0.1, -0.05) is 73.3 Å². The Kier molecular flexibility index (Phi) is 7.59. The molecule has 0 bridgehead atoms. The average Bonchev–Trinajstić information content (AvgIpc) is 3.23. The van der Waals surface area contributed by atoms with Gasteiger partial charge in [0.1, 0.15) is 25.0 Å². The van der Waals surface area contributed by atoms with Gasteiger partial charge in [0, 0.05) is 16.3 Å². The summed E-state index contributed by atoms with van der Waals surface area (Å²) in [5.41, 5.74) is 2.83. The lowest BCUT2D eigenvalue weighted by atomic mass is 9.95. The van der Waals surface area contributed by atoms with Gasteiger partial charge in [0.05, 0.1) is 5.57 Å². The van der Waals surface area contributed by atoms with E-state index in [-0.39, 0.29) is 6.61 Å². The van der Waals surface area contributed by atoms with E-state index < -0.39 is 12.0 Å². The molecule has 0 fully saturated rings. The van der Waals surface area contributed by atoms with Crippen molar-refractivity contribution < 1.29 is 14.3 Å². The maximum Gasteiger partial charge on any atom is 0.338 e. The van der Waals surface area contributed by atoms with Crippen LogP contribution in [0.1, 0.15) is 31.0 Å². The second kappa shape index (κ2) is 10.8. The highest BCUT2D eigenvalue weighted by Crippen LogP contribution is 2.37. The molecule has 0 amide bonds. The van der Waals surface area contributed by atoms with Crippen LogP contribution in [0.4, 0.5) is 5.95 Å². The first-order valence-electron chi connectivity index (χ1n) is 10.8. The van der Waals surface area contributed by atoms with Gasteiger partial charge in [0.25, 0.3) is 0 Å². The highest BCUT2D eigenvalue weighted by Gasteiger charge is 2.35. The van der Waals surface area contributed by atoms with Crippen LogP contribution >= 0.6 is 23.4 Å². The van der Waals surface area contributed by atoms with Crippen LogP contribution in [0.2, 0.25) is 5.02 Å². The largest absolute Gasteiger partial charge is 0.489 e. The zero-order valence-electron chi connectivity index (χ0n) is 19.0. The molecule has 3 aromatic rings. The summed E-state index contributed by atoms with van der Waals surface area (Å²) in [5.74, 6) is 1.61. The summed E-state index contributed by atoms with van der Waals surface area (Å²) >= 11 is 7.80. The Morgan fingerprint density at radius 1 is 1.29 bits per heavy atom. The molecule has 1 aromatic heterocycles. The van der Waals surface area contributed by atoms with Crippen molar-refractivity contribution in [1.29, 1.82) is 0 Å². The lowest BCUT2D eigenvalue weighted by molar-refractivity contribution is -0.138. The van der Waals surface area contributed by atoms with Gasteiger partial charge in [-0.05, 0) is 36.4 Å². The van der Waals surface area contributed by atoms with Gasteiger partial charge in [-0.3, -0.25) is 0 Å². The maximum atomic E-state index is 13.0. The topological polar surface area (TPSA) is 78.3 Å². The van der Waals surface area contributed by atoms with Crippen molar-refractivity contribution in [3.05, 3.63) is 88.6 Å². The smallest absolute Gasteiger partial charge is 0.338 e. The third kappa shape index (κ3) is 5.13. The van der Waals surface area contributed by atoms with Gasteiger partial charge < -0.3 is 14.8 Å². The third-order valence-corrected chi connectivity index (χ3v) is 6.27. The fourth-order valence-electron chi connectivity index (χ4n) is 3.66. The van der Waals surface area contributed by atoms with E-state index in [1.54, 1.807) is 10.8 Å². The summed E-state index contributed by atoms with van der Waals surface area (Å²) < 4.78 is 13.2. The van der Waals surface area contributed by atoms with Gasteiger partial charge in [-0.2, -0.15) is 4.98 Å². The van der Waals surface area contributed by atoms with Crippen LogP contribution in [0.3, 0.4) is 0 Å². The summed E-state index contributed by atoms with van der Waals surface area (Å²) in [7, 11) is 0. The first kappa shape index (κ1) is 23.9. The number of halogens is 1. The Bertz CT molecular complexity index is 1240. The van der Waals surface area contributed by atoms with Gasteiger partial charge in [0.15, 0.2) is 0 Å². The summed E-state index contributed by atoms with van der Waals surface area (Å²) in [6.45, 7) is 7.94. The van der Waals surface area contributed by atoms with Crippen LogP contribution < -0.4 is 10.1 Å². The monoisotopic (exact) mass is 496 g/mol. The number of carbonyl (C=O) groups excluding carboxylic acids is 1. The molecular formula is C25H25ClN4O3S. The predicted octanol–water partition coefficient (Wildman–Crippen LogP) is 5.64. The number of aromatic nitrogens is 3. The molecule has 4 rings (SSSR count). The minimum absolute atomic E-state index is 0.116. The summed E-state index contributed by atoms with van der Waals surface area (Å²) in [6.07, 6.45) is 1.54. The number of allylic oxidation sites excluding steroid dienone is 1. The van der Waals surface area contributed by atoms with Crippen LogP contribution in [-0.2, 0) is 16.1 Å². The van der Waals surface area contributed by atoms with Crippen molar-refractivity contribution in [1.82, 2.24) is 14.8 Å². The number of carbonyl (C=O) groups is 1. The van der Waals surface area contributed by atoms with Crippen LogP contribution in [0.5, 0.6) is 5.75 Å². The van der Waals surface area contributed by atoms with E-state index >= 15 is 0 Å². The fourth-order valence-corrected chi connectivity index (χ4v) is 4.40. The van der Waals surface area contributed by atoms with E-state index in [1.807, 2.05) is 62.4 Å². The second-order valence-electron chi connectivity index (χ2n) is 7.50. The van der Waals surface area contributed by atoms with Gasteiger partial charge in [0.2, 0.25) is 11.1 Å². The zero-order chi connectivity index (χ0) is 24.1. The van der Waals surface area contributed by atoms with Gasteiger partial charge in [-0.15, -0.1) is 5.10 Å². The molecule has 2 heterocycles. The minimum Gasteiger partial charge on any atom is -0.489 e. The molecular weight excluding hydrogens is 472 g/mol. The van der Waals surface area contributed by atoms with Crippen LogP contribution in [0, 0.1) is 0 Å². The number of hydrogen-bond acceptors (Lipinski definition) is 7. The molecule has 1 aliphatic heterocycles. The summed E-state index contributed by atoms with van der Waals surface area (Å²) in [6, 6.07) is 14.6. The van der Waals surface area contributed by atoms with Gasteiger partial charge >= 0.3 is 5.97 Å². The Morgan fingerprint density at radius 2 is 2.12 bits per heavy atom. The van der Waals surface area contributed by atoms with E-state index in [0.29, 0.717) is 39.8 Å². The average molecular weight is 497 g/mol. The van der Waals surface area contributed by atoms with Crippen molar-refractivity contribution in [2.45, 2.75) is 31.7 Å². The normalized spacial score (nSPS) is 14.9. The maximum absolute atomic E-state index is 13.0. The molecule has 1 unspecified atom stereocenters. The Balaban J connectivity index is 1.70. The SMILES string of the molecule is C=CCOC(=O)C1=C(C)Nc2nc(SCC)nn2C1c1cccc(OCc2ccccc2Cl)c1. The summed E-state index contributed by atoms with van der Waals surface area (Å²) in [4.78, 5) is 17.6. The number of nitrogens with one attached hydrogen (secondary N) is 1. The molecule has 7 nitrogen and oxygen atoms in total. The van der Waals surface area contributed by atoms with E-state index in [4.69, 9.17) is 21.1 Å². The first-order valence-corrected chi connectivity index (χ1v) is 12.2. The molecule has 1 aliphatic rings. The van der Waals surface area contributed by atoms with Crippen molar-refractivity contribution in [3.63, 3.8) is 0 Å². The van der Waals surface area contributed by atoms with E-state index in [2.05, 4.69) is 22.0 Å². The van der Waals surface area contributed by atoms with Crippen molar-refractivity contribution in [2.24, 2.45) is 0 Å². The fraction of sp³-hybridized carbons (Fsp3) is 0.240. The van der Waals surface area contributed by atoms with E-state index in [1.165, 1.54) is 11.8 Å². The number of benzene rings is 2. The number of esters is 1. The summed E-state index contributed by atoms with van der Waals surface area (Å²) in [5, 5.41) is 9.15. The lowest BCUT2D eigenvalue weighted by Gasteiger charge is -2.28. The molecule has 34 heavy (non-hydrogen) atoms. The molecule has 0 saturated carbocycles. The van der Waals surface area contributed by atoms with Crippen LogP contribution in [0.25, 0.3) is 0 Å². The number of hydrogen-bond donors (Lipinski definition) is 1. The molecule has 176 valence electrons. The van der Waals surface area contributed by atoms with Crippen molar-refractivity contribution in [2.75, 3.05) is 17.7 Å². The first-order chi connectivity index (χ1) is 16.5. The standard InChI is InChI=1S/C25H25ClN4O3S/c1-4-13-32-23(31)21-16(3)27-24-28-25(34-5-2)29-30(24)22(21)17-10-8-11-19(14-17)33-15-18-9-6-7-12-20(18)26/h4,6-12,14,22H,1,5,13,15H2,2-3H3,(H,27,28,29). The molecule has 1 N–H and O–H groups in total. The minimum atomic E-state index is -0.531. The molecule has 0 aliphatic carbocycles. The van der Waals surface area contributed by atoms with Crippen LogP contribution in [-0.4, -0.2) is 33.1 Å². The Morgan fingerprint density at radius 3 is 2.88 bits per heavy atom. The number of anilines is 1. The van der Waals surface area contributed by atoms with Crippen molar-refractivity contribution in [3.8, 4) is 5.75 Å². The number of nitrogens with zero attached hydrogens (tertiary/aromatic N) is 3. The Labute approximate surface area is 207 Å². The zero-order valence-corrected chi connectivity index (χ0v) is 20.5. The number of thioether (sulfide) groups is 1. The van der Waals surface area contributed by atoms with E-state index in [9.17, 15) is 4.79 Å². The molecule has 9 heteroatoms. The highest BCUT2D eigenvalue weighted by atomic mass is 35.5. The predicted molar refractivity (Wildman–Crippen MR) is 134 cm³/mol. The number of rotatable bonds is 9. The van der Waals surface area contributed by atoms with Crippen molar-refractivity contribution >= 4 is 35.3 Å². The highest BCUT2D eigenvalue weighted by molar-refractivity contribution is 7.99. The van der Waals surface area contributed by atoms with Crippen LogP contribution in [0.15, 0.2) is 77.6 Å². The molecule has 0 radical (unpaired) electrons. The Hall–Kier alpha value is -3.23. The number of ether oxygens (including phenoxy) is 2. The number of fused-ring (bicyclic) bond motifs is 1. The second-order valence-corrected chi connectivity index (χ2v) is 9.14. The van der Waals surface area contributed by atoms with E-state index in [0.717, 1.165) is 16.9 Å². The third-order valence-electron chi connectivity index (χ3n) is 5.18. The quantitative estimate of drug-likeness (QED) is 0.233. The van der Waals surface area contributed by atoms with Gasteiger partial charge in [-0.25, -0.2) is 9.48 Å². The molecule has 2 aromatic carbocycles. The molecule has 0 saturated heterocycles.